The Morgan fingerprint density at radius 1 is 1.47 bits per heavy atom. The SMILES string of the molecule is CCS(=O)(=O)CCNCc1ccnc(OC)c1. The van der Waals surface area contributed by atoms with Crippen molar-refractivity contribution in [2.45, 2.75) is 13.5 Å². The first-order valence-electron chi connectivity index (χ1n) is 5.47. The maximum atomic E-state index is 11.2. The van der Waals surface area contributed by atoms with Crippen LogP contribution in [-0.2, 0) is 16.4 Å². The van der Waals surface area contributed by atoms with Gasteiger partial charge in [0.25, 0.3) is 0 Å². The van der Waals surface area contributed by atoms with Crippen LogP contribution in [0, 0.1) is 0 Å². The molecule has 0 fully saturated rings. The molecule has 1 aromatic heterocycles. The molecule has 1 aromatic rings. The normalized spacial score (nSPS) is 11.4. The van der Waals surface area contributed by atoms with Crippen LogP contribution in [0.25, 0.3) is 0 Å². The van der Waals surface area contributed by atoms with Crippen molar-refractivity contribution in [2.75, 3.05) is 25.2 Å². The largest absolute Gasteiger partial charge is 0.481 e. The predicted molar refractivity (Wildman–Crippen MR) is 66.8 cm³/mol. The maximum Gasteiger partial charge on any atom is 0.213 e. The molecule has 0 radical (unpaired) electrons. The molecule has 0 saturated heterocycles. The van der Waals surface area contributed by atoms with Crippen molar-refractivity contribution in [3.63, 3.8) is 0 Å². The number of pyridine rings is 1. The number of hydrogen-bond acceptors (Lipinski definition) is 5. The van der Waals surface area contributed by atoms with Gasteiger partial charge in [-0.3, -0.25) is 0 Å². The first-order valence-corrected chi connectivity index (χ1v) is 7.29. The smallest absolute Gasteiger partial charge is 0.213 e. The number of aromatic nitrogens is 1. The summed E-state index contributed by atoms with van der Waals surface area (Å²) in [5.74, 6) is 0.925. The third-order valence-corrected chi connectivity index (χ3v) is 4.07. The average Bonchev–Trinajstić information content (AvgIpc) is 2.35. The molecule has 0 amide bonds. The summed E-state index contributed by atoms with van der Waals surface area (Å²) in [6.07, 6.45) is 1.67. The lowest BCUT2D eigenvalue weighted by atomic mass is 10.2. The van der Waals surface area contributed by atoms with Gasteiger partial charge in [0.1, 0.15) is 0 Å². The fraction of sp³-hybridized carbons (Fsp3) is 0.545. The van der Waals surface area contributed by atoms with Crippen LogP contribution in [0.15, 0.2) is 18.3 Å². The highest BCUT2D eigenvalue weighted by Gasteiger charge is 2.06. The van der Waals surface area contributed by atoms with Gasteiger partial charge in [0.2, 0.25) is 5.88 Å². The topological polar surface area (TPSA) is 68.3 Å². The van der Waals surface area contributed by atoms with Crippen molar-refractivity contribution >= 4 is 9.84 Å². The van der Waals surface area contributed by atoms with E-state index in [1.165, 1.54) is 0 Å². The Morgan fingerprint density at radius 2 is 2.24 bits per heavy atom. The van der Waals surface area contributed by atoms with Crippen LogP contribution in [0.5, 0.6) is 5.88 Å². The quantitative estimate of drug-likeness (QED) is 0.726. The monoisotopic (exact) mass is 258 g/mol. The van der Waals surface area contributed by atoms with Crippen molar-refractivity contribution in [2.24, 2.45) is 0 Å². The molecule has 0 atom stereocenters. The summed E-state index contributed by atoms with van der Waals surface area (Å²) < 4.78 is 27.5. The van der Waals surface area contributed by atoms with E-state index in [9.17, 15) is 8.42 Å². The van der Waals surface area contributed by atoms with Crippen molar-refractivity contribution in [1.82, 2.24) is 10.3 Å². The fourth-order valence-corrected chi connectivity index (χ4v) is 2.02. The molecule has 1 heterocycles. The van der Waals surface area contributed by atoms with Gasteiger partial charge in [-0.05, 0) is 11.6 Å². The van der Waals surface area contributed by atoms with Crippen LogP contribution in [0.3, 0.4) is 0 Å². The lowest BCUT2D eigenvalue weighted by Crippen LogP contribution is -2.23. The summed E-state index contributed by atoms with van der Waals surface area (Å²) in [6.45, 7) is 2.72. The molecular formula is C11H18N2O3S. The molecular weight excluding hydrogens is 240 g/mol. The van der Waals surface area contributed by atoms with Crippen LogP contribution in [0.4, 0.5) is 0 Å². The minimum absolute atomic E-state index is 0.172. The summed E-state index contributed by atoms with van der Waals surface area (Å²) in [4.78, 5) is 3.99. The number of ether oxygens (including phenoxy) is 1. The Hall–Kier alpha value is -1.14. The Bertz CT molecular complexity index is 446. The first-order chi connectivity index (χ1) is 8.07. The van der Waals surface area contributed by atoms with E-state index in [0.717, 1.165) is 5.56 Å². The first kappa shape index (κ1) is 13.9. The second-order valence-electron chi connectivity index (χ2n) is 3.62. The van der Waals surface area contributed by atoms with Crippen LogP contribution in [0.2, 0.25) is 0 Å². The number of sulfone groups is 1. The van der Waals surface area contributed by atoms with E-state index in [2.05, 4.69) is 10.3 Å². The van der Waals surface area contributed by atoms with Crippen LogP contribution >= 0.6 is 0 Å². The standard InChI is InChI=1S/C11H18N2O3S/c1-3-17(14,15)7-6-12-9-10-4-5-13-11(8-10)16-2/h4-5,8,12H,3,6-7,9H2,1-2H3. The summed E-state index contributed by atoms with van der Waals surface area (Å²) in [7, 11) is -1.32. The van der Waals surface area contributed by atoms with Gasteiger partial charge >= 0.3 is 0 Å². The van der Waals surface area contributed by atoms with Crippen molar-refractivity contribution < 1.29 is 13.2 Å². The Kier molecular flexibility index (Phi) is 5.37. The molecule has 96 valence electrons. The highest BCUT2D eigenvalue weighted by molar-refractivity contribution is 7.91. The van der Waals surface area contributed by atoms with Gasteiger partial charge in [-0.2, -0.15) is 0 Å². The molecule has 0 aliphatic carbocycles. The van der Waals surface area contributed by atoms with E-state index >= 15 is 0 Å². The van der Waals surface area contributed by atoms with Crippen LogP contribution in [0.1, 0.15) is 12.5 Å². The molecule has 17 heavy (non-hydrogen) atoms. The molecule has 0 bridgehead atoms. The van der Waals surface area contributed by atoms with E-state index in [-0.39, 0.29) is 11.5 Å². The molecule has 0 aromatic carbocycles. The zero-order valence-electron chi connectivity index (χ0n) is 10.1. The van der Waals surface area contributed by atoms with Gasteiger partial charge in [-0.15, -0.1) is 0 Å². The summed E-state index contributed by atoms with van der Waals surface area (Å²) >= 11 is 0. The minimum atomic E-state index is -2.89. The second-order valence-corrected chi connectivity index (χ2v) is 6.09. The molecule has 1 N–H and O–H groups in total. The van der Waals surface area contributed by atoms with Gasteiger partial charge in [-0.25, -0.2) is 13.4 Å². The fourth-order valence-electron chi connectivity index (χ4n) is 1.28. The Balaban J connectivity index is 2.36. The highest BCUT2D eigenvalue weighted by atomic mass is 32.2. The third-order valence-electron chi connectivity index (χ3n) is 2.37. The summed E-state index contributed by atoms with van der Waals surface area (Å²) in [6, 6.07) is 3.69. The number of methoxy groups -OCH3 is 1. The lowest BCUT2D eigenvalue weighted by Gasteiger charge is -2.06. The Labute approximate surface area is 102 Å². The predicted octanol–water partition coefficient (Wildman–Crippen LogP) is 0.614. The maximum absolute atomic E-state index is 11.2. The highest BCUT2D eigenvalue weighted by Crippen LogP contribution is 2.07. The van der Waals surface area contributed by atoms with Crippen LogP contribution < -0.4 is 10.1 Å². The number of nitrogens with zero attached hydrogens (tertiary/aromatic N) is 1. The Morgan fingerprint density at radius 3 is 2.88 bits per heavy atom. The van der Waals surface area contributed by atoms with E-state index in [1.54, 1.807) is 20.2 Å². The van der Waals surface area contributed by atoms with Gasteiger partial charge in [0.15, 0.2) is 9.84 Å². The summed E-state index contributed by atoms with van der Waals surface area (Å²) in [5.41, 5.74) is 1.02. The summed E-state index contributed by atoms with van der Waals surface area (Å²) in [5, 5.41) is 3.08. The van der Waals surface area contributed by atoms with Crippen LogP contribution in [-0.4, -0.2) is 38.6 Å². The van der Waals surface area contributed by atoms with Crippen molar-refractivity contribution in [1.29, 1.82) is 0 Å². The van der Waals surface area contributed by atoms with Crippen molar-refractivity contribution in [3.05, 3.63) is 23.9 Å². The number of hydrogen-bond donors (Lipinski definition) is 1. The second kappa shape index (κ2) is 6.56. The van der Waals surface area contributed by atoms with E-state index in [0.29, 0.717) is 19.0 Å². The van der Waals surface area contributed by atoms with E-state index in [4.69, 9.17) is 4.74 Å². The molecule has 0 saturated carbocycles. The number of rotatable bonds is 7. The molecule has 0 unspecified atom stereocenters. The van der Waals surface area contributed by atoms with Gasteiger partial charge in [0.05, 0.1) is 12.9 Å². The molecule has 1 rings (SSSR count). The van der Waals surface area contributed by atoms with E-state index < -0.39 is 9.84 Å². The molecule has 6 heteroatoms. The van der Waals surface area contributed by atoms with E-state index in [1.807, 2.05) is 12.1 Å². The third kappa shape index (κ3) is 5.14. The molecule has 0 aliphatic heterocycles. The van der Waals surface area contributed by atoms with Crippen molar-refractivity contribution in [3.8, 4) is 5.88 Å². The molecule has 0 aliphatic rings. The van der Waals surface area contributed by atoms with Gasteiger partial charge in [-0.1, -0.05) is 6.92 Å². The zero-order chi connectivity index (χ0) is 12.7. The molecule has 5 nitrogen and oxygen atoms in total. The van der Waals surface area contributed by atoms with Gasteiger partial charge < -0.3 is 10.1 Å². The van der Waals surface area contributed by atoms with Gasteiger partial charge in [0, 0.05) is 31.1 Å². The lowest BCUT2D eigenvalue weighted by molar-refractivity contribution is 0.397. The molecule has 0 spiro atoms. The zero-order valence-corrected chi connectivity index (χ0v) is 11.0. The average molecular weight is 258 g/mol. The number of nitrogens with one attached hydrogen (secondary N) is 1. The minimum Gasteiger partial charge on any atom is -0.481 e.